The molecule has 4 aromatic rings. The maximum absolute atomic E-state index is 14.6. The molecule has 0 unspecified atom stereocenters. The number of carbonyl (C=O) groups excluding carboxylic acids is 1. The first-order valence-corrected chi connectivity index (χ1v) is 19.4. The molecule has 0 spiro atoms. The highest BCUT2D eigenvalue weighted by Gasteiger charge is 2.32. The van der Waals surface area contributed by atoms with E-state index in [-0.39, 0.29) is 46.8 Å². The van der Waals surface area contributed by atoms with Gasteiger partial charge in [0.05, 0.1) is 28.9 Å². The number of nitrogens with one attached hydrogen (secondary N) is 1. The van der Waals surface area contributed by atoms with Crippen molar-refractivity contribution in [3.05, 3.63) is 89.1 Å². The zero-order valence-corrected chi connectivity index (χ0v) is 31.6. The topological polar surface area (TPSA) is 118 Å². The van der Waals surface area contributed by atoms with Crippen LogP contribution in [0.2, 0.25) is 0 Å². The van der Waals surface area contributed by atoms with Crippen LogP contribution < -0.4 is 14.4 Å². The van der Waals surface area contributed by atoms with Crippen molar-refractivity contribution in [2.45, 2.75) is 97.7 Å². The average molecular weight is 711 g/mol. The third kappa shape index (κ3) is 8.52. The van der Waals surface area contributed by atoms with E-state index in [0.29, 0.717) is 24.1 Å². The van der Waals surface area contributed by atoms with Crippen molar-refractivity contribution in [2.75, 3.05) is 22.8 Å². The monoisotopic (exact) mass is 710 g/mol. The molecule has 10 nitrogen and oxygen atoms in total. The fraction of sp³-hybridized carbons (Fsp3) is 0.450. The zero-order valence-electron chi connectivity index (χ0n) is 30.8. The molecule has 4 bridgehead atoms. The van der Waals surface area contributed by atoms with E-state index < -0.39 is 16.1 Å². The second kappa shape index (κ2) is 14.6. The summed E-state index contributed by atoms with van der Waals surface area (Å²) in [6.45, 7) is 16.2. The van der Waals surface area contributed by atoms with Gasteiger partial charge < -0.3 is 14.5 Å². The lowest BCUT2D eigenvalue weighted by atomic mass is 9.87. The van der Waals surface area contributed by atoms with Gasteiger partial charge in [0.2, 0.25) is 11.8 Å². The highest BCUT2D eigenvalue weighted by molar-refractivity contribution is 7.92. The number of aromatic nitrogens is 3. The number of rotatable bonds is 7. The summed E-state index contributed by atoms with van der Waals surface area (Å²) in [5.74, 6) is 1.30. The quantitative estimate of drug-likeness (QED) is 0.207. The maximum atomic E-state index is 14.6. The van der Waals surface area contributed by atoms with Crippen LogP contribution >= 0.6 is 0 Å². The van der Waals surface area contributed by atoms with Gasteiger partial charge in [0.1, 0.15) is 12.4 Å². The molecule has 11 heteroatoms. The number of hydrogen-bond donors (Lipinski definition) is 1. The lowest BCUT2D eigenvalue weighted by Gasteiger charge is -2.36. The molecule has 0 aliphatic carbocycles. The predicted molar refractivity (Wildman–Crippen MR) is 201 cm³/mol. The van der Waals surface area contributed by atoms with Crippen LogP contribution in [0.1, 0.15) is 87.5 Å². The Morgan fingerprint density at radius 1 is 0.941 bits per heavy atom. The van der Waals surface area contributed by atoms with Crippen LogP contribution in [-0.2, 0) is 16.6 Å². The van der Waals surface area contributed by atoms with Crippen LogP contribution in [0.4, 0.5) is 11.8 Å². The highest BCUT2D eigenvalue weighted by Crippen LogP contribution is 2.33. The minimum absolute atomic E-state index is 0.0613. The van der Waals surface area contributed by atoms with Gasteiger partial charge in [-0.1, -0.05) is 65.0 Å². The fourth-order valence-electron chi connectivity index (χ4n) is 7.36. The number of fused-ring (bicyclic) bond motifs is 4. The number of ether oxygens (including phenoxy) is 1. The van der Waals surface area contributed by atoms with Gasteiger partial charge in [-0.05, 0) is 92.3 Å². The zero-order chi connectivity index (χ0) is 36.5. The Morgan fingerprint density at radius 3 is 2.39 bits per heavy atom. The number of amides is 1. The number of hydrogen-bond acceptors (Lipinski definition) is 8. The number of benzene rings is 2. The first kappa shape index (κ1) is 36.3. The molecular formula is C40H50N6O4S. The van der Waals surface area contributed by atoms with Crippen LogP contribution in [0.15, 0.2) is 71.6 Å². The largest absolute Gasteiger partial charge is 0.475 e. The van der Waals surface area contributed by atoms with Crippen LogP contribution in [0.25, 0.3) is 11.3 Å². The summed E-state index contributed by atoms with van der Waals surface area (Å²) in [5.41, 5.74) is 4.22. The van der Waals surface area contributed by atoms with Crippen LogP contribution in [0, 0.1) is 25.2 Å². The predicted octanol–water partition coefficient (Wildman–Crippen LogP) is 7.81. The number of carbonyl (C=O) groups is 1. The summed E-state index contributed by atoms with van der Waals surface area (Å²) < 4.78 is 36.5. The third-order valence-electron chi connectivity index (χ3n) is 9.57. The summed E-state index contributed by atoms with van der Waals surface area (Å²) in [4.78, 5) is 33.0. The molecule has 1 amide bonds. The van der Waals surface area contributed by atoms with E-state index in [1.54, 1.807) is 23.1 Å². The van der Waals surface area contributed by atoms with Crippen molar-refractivity contribution < 1.29 is 17.9 Å². The van der Waals surface area contributed by atoms with Crippen molar-refractivity contribution >= 4 is 27.7 Å². The van der Waals surface area contributed by atoms with Crippen LogP contribution in [0.5, 0.6) is 5.88 Å². The third-order valence-corrected chi connectivity index (χ3v) is 10.9. The maximum Gasteiger partial charge on any atom is 0.264 e. The van der Waals surface area contributed by atoms with Gasteiger partial charge in [0.25, 0.3) is 15.9 Å². The number of sulfonamides is 1. The van der Waals surface area contributed by atoms with Crippen molar-refractivity contribution in [1.29, 1.82) is 0 Å². The molecule has 51 heavy (non-hydrogen) atoms. The molecule has 6 rings (SSSR count). The molecular weight excluding hydrogens is 661 g/mol. The summed E-state index contributed by atoms with van der Waals surface area (Å²) in [6, 6.07) is 19.9. The molecule has 270 valence electrons. The molecule has 0 radical (unpaired) electrons. The van der Waals surface area contributed by atoms with Crippen LogP contribution in [-0.4, -0.2) is 59.4 Å². The standard InChI is InChI=1S/C40H50N6O4S/c1-26(2)20-31-16-11-19-45(31)35-18-10-15-30(41-35)24-46-32(23-40(5,6)7)25-50-36-22-34(37-27(3)12-8-13-28(37)4)42-39(43-36)44-51(48,49)33-17-9-14-29(21-33)38(46)47/h8-10,12-15,17-18,21-22,26,31-32H,11,16,19-20,23-25H2,1-7H3,(H,42,43,44)/t31-,32-/m1/s1. The Labute approximate surface area is 302 Å². The molecule has 0 saturated carbocycles. The van der Waals surface area contributed by atoms with Crippen molar-refractivity contribution in [2.24, 2.45) is 11.3 Å². The minimum atomic E-state index is -4.17. The number of aryl methyl sites for hydroxylation is 2. The van der Waals surface area contributed by atoms with Gasteiger partial charge >= 0.3 is 0 Å². The second-order valence-electron chi connectivity index (χ2n) is 15.6. The highest BCUT2D eigenvalue weighted by atomic mass is 32.2. The summed E-state index contributed by atoms with van der Waals surface area (Å²) in [5, 5.41) is 0. The molecule has 1 fully saturated rings. The van der Waals surface area contributed by atoms with E-state index in [0.717, 1.165) is 54.0 Å². The Kier molecular flexibility index (Phi) is 10.4. The molecule has 1 N–H and O–H groups in total. The van der Waals surface area contributed by atoms with Crippen LogP contribution in [0.3, 0.4) is 0 Å². The second-order valence-corrected chi connectivity index (χ2v) is 17.3. The molecule has 2 aromatic carbocycles. The van der Waals surface area contributed by atoms with E-state index in [2.05, 4.69) is 60.3 Å². The first-order valence-electron chi connectivity index (χ1n) is 17.9. The van der Waals surface area contributed by atoms with E-state index in [1.165, 1.54) is 12.1 Å². The normalized spacial score (nSPS) is 19.2. The van der Waals surface area contributed by atoms with Crippen molar-refractivity contribution in [3.63, 3.8) is 0 Å². The van der Waals surface area contributed by atoms with Gasteiger partial charge in [0, 0.05) is 29.8 Å². The summed E-state index contributed by atoms with van der Waals surface area (Å²) in [6.07, 6.45) is 3.98. The molecule has 4 heterocycles. The lowest BCUT2D eigenvalue weighted by molar-refractivity contribution is 0.0509. The van der Waals surface area contributed by atoms with Gasteiger partial charge in [0.15, 0.2) is 0 Å². The number of nitrogens with zero attached hydrogens (tertiary/aromatic N) is 5. The minimum Gasteiger partial charge on any atom is -0.475 e. The van der Waals surface area contributed by atoms with E-state index >= 15 is 0 Å². The number of anilines is 2. The Balaban J connectivity index is 1.44. The van der Waals surface area contributed by atoms with Gasteiger partial charge in [-0.2, -0.15) is 4.98 Å². The van der Waals surface area contributed by atoms with Gasteiger partial charge in [-0.15, -0.1) is 0 Å². The SMILES string of the molecule is Cc1cccc(C)c1-c1cc2nc(n1)NS(=O)(=O)c1cccc(c1)C(=O)N(Cc1cccc(N3CCC[C@@H]3CC(C)C)n1)[C@H](CC(C)(C)C)CO2. The molecule has 2 atom stereocenters. The summed E-state index contributed by atoms with van der Waals surface area (Å²) >= 11 is 0. The van der Waals surface area contributed by atoms with E-state index in [1.807, 2.05) is 44.2 Å². The van der Waals surface area contributed by atoms with Crippen molar-refractivity contribution in [1.82, 2.24) is 19.9 Å². The smallest absolute Gasteiger partial charge is 0.264 e. The van der Waals surface area contributed by atoms with Gasteiger partial charge in [-0.3, -0.25) is 4.79 Å². The average Bonchev–Trinajstić information content (AvgIpc) is 3.52. The first-order chi connectivity index (χ1) is 24.2. The molecule has 2 aromatic heterocycles. The lowest BCUT2D eigenvalue weighted by Crippen LogP contribution is -2.45. The molecule has 2 aliphatic rings. The van der Waals surface area contributed by atoms with E-state index in [4.69, 9.17) is 9.72 Å². The van der Waals surface area contributed by atoms with E-state index in [9.17, 15) is 13.2 Å². The van der Waals surface area contributed by atoms with Gasteiger partial charge in [-0.25, -0.2) is 23.1 Å². The van der Waals surface area contributed by atoms with Crippen molar-refractivity contribution in [3.8, 4) is 17.1 Å². The molecule has 2 aliphatic heterocycles. The Morgan fingerprint density at radius 2 is 1.67 bits per heavy atom. The summed E-state index contributed by atoms with van der Waals surface area (Å²) in [7, 11) is -4.17. The Bertz CT molecular complexity index is 1990. The fourth-order valence-corrected chi connectivity index (χ4v) is 8.35. The Hall–Kier alpha value is -4.51. The molecule has 1 saturated heterocycles. The number of pyridine rings is 1.